The van der Waals surface area contributed by atoms with Crippen LogP contribution in [-0.4, -0.2) is 51.8 Å². The summed E-state index contributed by atoms with van der Waals surface area (Å²) in [7, 11) is 0. The van der Waals surface area contributed by atoms with Gasteiger partial charge in [0.15, 0.2) is 0 Å². The lowest BCUT2D eigenvalue weighted by atomic mass is 9.76. The first kappa shape index (κ1) is 20.1. The van der Waals surface area contributed by atoms with Crippen LogP contribution in [-0.2, 0) is 11.2 Å². The highest BCUT2D eigenvalue weighted by molar-refractivity contribution is 5.99. The molecule has 0 aliphatic carbocycles. The maximum Gasteiger partial charge on any atom is 0.255 e. The van der Waals surface area contributed by atoms with Crippen molar-refractivity contribution in [1.82, 2.24) is 20.5 Å². The molecule has 30 heavy (non-hydrogen) atoms. The lowest BCUT2D eigenvalue weighted by molar-refractivity contribution is -0.127. The molecule has 2 atom stereocenters. The molecule has 1 aromatic carbocycles. The van der Waals surface area contributed by atoms with Gasteiger partial charge in [0.1, 0.15) is 0 Å². The van der Waals surface area contributed by atoms with Gasteiger partial charge in [-0.25, -0.2) is 0 Å². The molecule has 4 rings (SSSR count). The lowest BCUT2D eigenvalue weighted by Gasteiger charge is -2.39. The molecular formula is C23H26N4O3. The average Bonchev–Trinajstić information content (AvgIpc) is 3.05. The number of carbonyl (C=O) groups excluding carboxylic acids is 3. The van der Waals surface area contributed by atoms with Crippen LogP contribution in [0.25, 0.3) is 0 Å². The van der Waals surface area contributed by atoms with Gasteiger partial charge in [-0.1, -0.05) is 18.2 Å². The van der Waals surface area contributed by atoms with E-state index in [0.717, 1.165) is 5.56 Å². The first-order valence-electron chi connectivity index (χ1n) is 10.1. The Balaban J connectivity index is 1.70. The van der Waals surface area contributed by atoms with Crippen molar-refractivity contribution >= 4 is 17.7 Å². The van der Waals surface area contributed by atoms with Gasteiger partial charge in [-0.2, -0.15) is 0 Å². The van der Waals surface area contributed by atoms with E-state index in [1.54, 1.807) is 29.3 Å². The molecular weight excluding hydrogens is 380 g/mol. The standard InChI is InChI=1S/C23H26N4O3/c1-22(2,3)25-20(29)18-13-27(21(30)16-8-6-10-24-12-16)14-23(18)11-15-7-4-5-9-17(15)19(28)26-23/h4-10,12,18H,11,13-14H2,1-3H3,(H,25,29)(H,26,28)/t18-,23+/m0/s1. The number of aromatic nitrogens is 1. The summed E-state index contributed by atoms with van der Waals surface area (Å²) >= 11 is 0. The minimum absolute atomic E-state index is 0.163. The van der Waals surface area contributed by atoms with E-state index in [4.69, 9.17) is 0 Å². The van der Waals surface area contributed by atoms with E-state index in [9.17, 15) is 14.4 Å². The average molecular weight is 406 g/mol. The van der Waals surface area contributed by atoms with Crippen LogP contribution in [0.3, 0.4) is 0 Å². The lowest BCUT2D eigenvalue weighted by Crippen LogP contribution is -2.62. The van der Waals surface area contributed by atoms with Crippen molar-refractivity contribution in [2.75, 3.05) is 13.1 Å². The number of nitrogens with one attached hydrogen (secondary N) is 2. The first-order chi connectivity index (χ1) is 14.2. The van der Waals surface area contributed by atoms with E-state index in [2.05, 4.69) is 15.6 Å². The molecule has 0 saturated carbocycles. The van der Waals surface area contributed by atoms with Gasteiger partial charge in [0.25, 0.3) is 11.8 Å². The van der Waals surface area contributed by atoms with E-state index in [0.29, 0.717) is 17.5 Å². The smallest absolute Gasteiger partial charge is 0.255 e. The third-order valence-electron chi connectivity index (χ3n) is 5.68. The van der Waals surface area contributed by atoms with Gasteiger partial charge in [0, 0.05) is 36.6 Å². The summed E-state index contributed by atoms with van der Waals surface area (Å²) in [6.07, 6.45) is 3.63. The highest BCUT2D eigenvalue weighted by Gasteiger charge is 2.54. The van der Waals surface area contributed by atoms with Crippen LogP contribution in [0.1, 0.15) is 47.1 Å². The minimum Gasteiger partial charge on any atom is -0.351 e. The van der Waals surface area contributed by atoms with E-state index >= 15 is 0 Å². The number of pyridine rings is 1. The second kappa shape index (κ2) is 7.23. The summed E-state index contributed by atoms with van der Waals surface area (Å²) in [5.41, 5.74) is 0.710. The van der Waals surface area contributed by atoms with Gasteiger partial charge in [-0.3, -0.25) is 19.4 Å². The quantitative estimate of drug-likeness (QED) is 0.796. The normalized spacial score (nSPS) is 23.1. The van der Waals surface area contributed by atoms with E-state index < -0.39 is 17.0 Å². The van der Waals surface area contributed by atoms with Crippen molar-refractivity contribution in [1.29, 1.82) is 0 Å². The monoisotopic (exact) mass is 406 g/mol. The second-order valence-electron chi connectivity index (χ2n) is 9.16. The molecule has 7 nitrogen and oxygen atoms in total. The van der Waals surface area contributed by atoms with Gasteiger partial charge in [0.2, 0.25) is 5.91 Å². The van der Waals surface area contributed by atoms with Gasteiger partial charge < -0.3 is 15.5 Å². The molecule has 2 aromatic rings. The molecule has 0 bridgehead atoms. The molecule has 1 spiro atoms. The fourth-order valence-electron chi connectivity index (χ4n) is 4.41. The molecule has 0 unspecified atom stereocenters. The third kappa shape index (κ3) is 3.67. The zero-order valence-electron chi connectivity index (χ0n) is 17.4. The molecule has 156 valence electrons. The maximum absolute atomic E-state index is 13.2. The van der Waals surface area contributed by atoms with Crippen molar-refractivity contribution < 1.29 is 14.4 Å². The van der Waals surface area contributed by atoms with Crippen molar-refractivity contribution in [3.8, 4) is 0 Å². The third-order valence-corrected chi connectivity index (χ3v) is 5.68. The molecule has 0 radical (unpaired) electrons. The summed E-state index contributed by atoms with van der Waals surface area (Å²) in [5, 5.41) is 6.12. The Kier molecular flexibility index (Phi) is 4.84. The maximum atomic E-state index is 13.2. The molecule has 1 saturated heterocycles. The SMILES string of the molecule is CC(C)(C)NC(=O)[C@@H]1CN(C(=O)c2cccnc2)C[C@]12Cc1ccccc1C(=O)N2. The minimum atomic E-state index is -0.849. The van der Waals surface area contributed by atoms with Crippen LogP contribution in [0, 0.1) is 5.92 Å². The van der Waals surface area contributed by atoms with Crippen molar-refractivity contribution in [3.63, 3.8) is 0 Å². The molecule has 1 aromatic heterocycles. The van der Waals surface area contributed by atoms with E-state index in [1.165, 1.54) is 6.20 Å². The van der Waals surface area contributed by atoms with Crippen LogP contribution >= 0.6 is 0 Å². The van der Waals surface area contributed by atoms with Crippen LogP contribution in [0.5, 0.6) is 0 Å². The fourth-order valence-corrected chi connectivity index (χ4v) is 4.41. The Hall–Kier alpha value is -3.22. The molecule has 2 aliphatic rings. The Morgan fingerprint density at radius 2 is 1.97 bits per heavy atom. The molecule has 7 heteroatoms. The second-order valence-corrected chi connectivity index (χ2v) is 9.16. The number of likely N-dealkylation sites (tertiary alicyclic amines) is 1. The topological polar surface area (TPSA) is 91.4 Å². The van der Waals surface area contributed by atoms with E-state index in [1.807, 2.05) is 39.0 Å². The number of hydrogen-bond donors (Lipinski definition) is 2. The van der Waals surface area contributed by atoms with E-state index in [-0.39, 0.29) is 30.8 Å². The summed E-state index contributed by atoms with van der Waals surface area (Å²) in [4.78, 5) is 44.9. The number of carbonyl (C=O) groups is 3. The highest BCUT2D eigenvalue weighted by atomic mass is 16.2. The molecule has 2 N–H and O–H groups in total. The first-order valence-corrected chi connectivity index (χ1v) is 10.1. The number of nitrogens with zero attached hydrogens (tertiary/aromatic N) is 2. The van der Waals surface area contributed by atoms with Crippen LogP contribution < -0.4 is 10.6 Å². The molecule has 1 fully saturated rings. The summed E-state index contributed by atoms with van der Waals surface area (Å²) < 4.78 is 0. The van der Waals surface area contributed by atoms with Crippen molar-refractivity contribution in [2.45, 2.75) is 38.3 Å². The predicted octanol–water partition coefficient (Wildman–Crippen LogP) is 1.79. The summed E-state index contributed by atoms with van der Waals surface area (Å²) in [6, 6.07) is 10.8. The summed E-state index contributed by atoms with van der Waals surface area (Å²) in [6.45, 7) is 6.25. The summed E-state index contributed by atoms with van der Waals surface area (Å²) in [5.74, 6) is -1.12. The highest BCUT2D eigenvalue weighted by Crippen LogP contribution is 2.36. The van der Waals surface area contributed by atoms with Crippen LogP contribution in [0.2, 0.25) is 0 Å². The Bertz CT molecular complexity index is 999. The van der Waals surface area contributed by atoms with Crippen LogP contribution in [0.15, 0.2) is 48.8 Å². The zero-order valence-corrected chi connectivity index (χ0v) is 17.4. The Morgan fingerprint density at radius 1 is 1.20 bits per heavy atom. The predicted molar refractivity (Wildman–Crippen MR) is 112 cm³/mol. The Labute approximate surface area is 175 Å². The molecule has 2 aliphatic heterocycles. The van der Waals surface area contributed by atoms with Gasteiger partial charge in [0.05, 0.1) is 17.0 Å². The Morgan fingerprint density at radius 3 is 2.67 bits per heavy atom. The van der Waals surface area contributed by atoms with Gasteiger partial charge in [-0.15, -0.1) is 0 Å². The zero-order chi connectivity index (χ0) is 21.5. The number of benzene rings is 1. The largest absolute Gasteiger partial charge is 0.351 e. The van der Waals surface area contributed by atoms with Gasteiger partial charge in [-0.05, 0) is 51.0 Å². The van der Waals surface area contributed by atoms with Crippen LogP contribution in [0.4, 0.5) is 0 Å². The number of hydrogen-bond acceptors (Lipinski definition) is 4. The molecule has 3 heterocycles. The van der Waals surface area contributed by atoms with Crippen molar-refractivity contribution in [2.24, 2.45) is 5.92 Å². The number of rotatable bonds is 2. The number of fused-ring (bicyclic) bond motifs is 1. The fraction of sp³-hybridized carbons (Fsp3) is 0.391. The molecule has 3 amide bonds. The van der Waals surface area contributed by atoms with Crippen molar-refractivity contribution in [3.05, 3.63) is 65.5 Å². The van der Waals surface area contributed by atoms with Gasteiger partial charge >= 0.3 is 0 Å². The number of amides is 3.